The van der Waals surface area contributed by atoms with Crippen molar-refractivity contribution >= 4 is 10.8 Å². The lowest BCUT2D eigenvalue weighted by molar-refractivity contribution is 0.245. The molecule has 0 atom stereocenters. The molecule has 0 N–H and O–H groups in total. The number of rotatable bonds is 2. The standard InChI is InChI=1S/C13H13O/c1-10(2)14-13-9-5-7-11-6-3-4-8-12(11)13/h3-5,7-10H,1-2H3. The van der Waals surface area contributed by atoms with E-state index < -0.39 is 0 Å². The monoisotopic (exact) mass is 185 g/mol. The molecule has 2 rings (SSSR count). The molecule has 1 heteroatoms. The number of hydrogen-bond donors (Lipinski definition) is 0. The van der Waals surface area contributed by atoms with E-state index in [0.717, 1.165) is 16.5 Å². The molecule has 0 spiro atoms. The molecule has 0 aliphatic carbocycles. The largest absolute Gasteiger partial charge is 0.490 e. The van der Waals surface area contributed by atoms with Gasteiger partial charge in [-0.05, 0) is 31.4 Å². The predicted octanol–water partition coefficient (Wildman–Crippen LogP) is 3.43. The summed E-state index contributed by atoms with van der Waals surface area (Å²) in [7, 11) is 0. The van der Waals surface area contributed by atoms with Crippen LogP contribution in [0, 0.1) is 6.07 Å². The minimum atomic E-state index is 0.209. The van der Waals surface area contributed by atoms with Crippen molar-refractivity contribution in [2.24, 2.45) is 0 Å². The molecule has 2 aromatic rings. The van der Waals surface area contributed by atoms with E-state index in [9.17, 15) is 0 Å². The van der Waals surface area contributed by atoms with Gasteiger partial charge in [0.1, 0.15) is 5.75 Å². The van der Waals surface area contributed by atoms with E-state index in [0.29, 0.717) is 0 Å². The summed E-state index contributed by atoms with van der Waals surface area (Å²) in [4.78, 5) is 0. The first-order chi connectivity index (χ1) is 6.77. The molecule has 0 amide bonds. The SMILES string of the molecule is CC(C)Oc1cccc2[c]cccc12. The molecule has 0 unspecified atom stereocenters. The maximum atomic E-state index is 5.71. The van der Waals surface area contributed by atoms with Crippen LogP contribution in [0.1, 0.15) is 13.8 Å². The molecule has 0 aromatic heterocycles. The molecule has 1 nitrogen and oxygen atoms in total. The van der Waals surface area contributed by atoms with Gasteiger partial charge in [0, 0.05) is 5.39 Å². The van der Waals surface area contributed by atoms with Gasteiger partial charge in [-0.2, -0.15) is 0 Å². The third-order valence-corrected chi connectivity index (χ3v) is 2.03. The van der Waals surface area contributed by atoms with E-state index >= 15 is 0 Å². The van der Waals surface area contributed by atoms with Crippen LogP contribution in [0.4, 0.5) is 0 Å². The van der Waals surface area contributed by atoms with Crippen molar-refractivity contribution in [3.05, 3.63) is 42.5 Å². The molecule has 0 aliphatic heterocycles. The number of fused-ring (bicyclic) bond motifs is 1. The Bertz CT molecular complexity index is 427. The van der Waals surface area contributed by atoms with Crippen molar-refractivity contribution < 1.29 is 4.74 Å². The van der Waals surface area contributed by atoms with Gasteiger partial charge in [-0.1, -0.05) is 30.3 Å². The second kappa shape index (κ2) is 3.70. The van der Waals surface area contributed by atoms with Gasteiger partial charge < -0.3 is 4.74 Å². The second-order valence-corrected chi connectivity index (χ2v) is 3.55. The van der Waals surface area contributed by atoms with Crippen LogP contribution < -0.4 is 4.74 Å². The summed E-state index contributed by atoms with van der Waals surface area (Å²) in [6, 6.07) is 15.2. The topological polar surface area (TPSA) is 9.23 Å². The Labute approximate surface area is 84.3 Å². The second-order valence-electron chi connectivity index (χ2n) is 3.55. The van der Waals surface area contributed by atoms with Crippen LogP contribution in [0.15, 0.2) is 36.4 Å². The summed E-state index contributed by atoms with van der Waals surface area (Å²) in [6.07, 6.45) is 0.209. The fourth-order valence-electron chi connectivity index (χ4n) is 1.48. The highest BCUT2D eigenvalue weighted by Crippen LogP contribution is 2.25. The Kier molecular flexibility index (Phi) is 2.40. The van der Waals surface area contributed by atoms with Gasteiger partial charge in [0.25, 0.3) is 0 Å². The lowest BCUT2D eigenvalue weighted by Crippen LogP contribution is -2.05. The van der Waals surface area contributed by atoms with Crippen LogP contribution in [-0.4, -0.2) is 6.10 Å². The first kappa shape index (κ1) is 9.07. The predicted molar refractivity (Wildman–Crippen MR) is 58.5 cm³/mol. The lowest BCUT2D eigenvalue weighted by Gasteiger charge is -2.11. The highest BCUT2D eigenvalue weighted by molar-refractivity contribution is 5.87. The van der Waals surface area contributed by atoms with Crippen LogP contribution >= 0.6 is 0 Å². The van der Waals surface area contributed by atoms with Crippen LogP contribution in [0.5, 0.6) is 5.75 Å². The normalized spacial score (nSPS) is 10.8. The van der Waals surface area contributed by atoms with Gasteiger partial charge in [-0.25, -0.2) is 0 Å². The Morgan fingerprint density at radius 1 is 1.14 bits per heavy atom. The highest BCUT2D eigenvalue weighted by Gasteiger charge is 2.02. The Morgan fingerprint density at radius 3 is 2.79 bits per heavy atom. The van der Waals surface area contributed by atoms with E-state index in [4.69, 9.17) is 4.74 Å². The van der Waals surface area contributed by atoms with E-state index in [1.54, 1.807) is 0 Å². The van der Waals surface area contributed by atoms with Crippen LogP contribution in [0.3, 0.4) is 0 Å². The van der Waals surface area contributed by atoms with Crippen molar-refractivity contribution in [3.63, 3.8) is 0 Å². The zero-order valence-electron chi connectivity index (χ0n) is 8.45. The minimum absolute atomic E-state index is 0.209. The Hall–Kier alpha value is -1.50. The van der Waals surface area contributed by atoms with Crippen molar-refractivity contribution in [2.75, 3.05) is 0 Å². The van der Waals surface area contributed by atoms with Crippen molar-refractivity contribution in [3.8, 4) is 5.75 Å². The maximum absolute atomic E-state index is 5.71. The van der Waals surface area contributed by atoms with Gasteiger partial charge in [-0.3, -0.25) is 0 Å². The highest BCUT2D eigenvalue weighted by atomic mass is 16.5. The van der Waals surface area contributed by atoms with Crippen LogP contribution in [0.25, 0.3) is 10.8 Å². The molecular weight excluding hydrogens is 172 g/mol. The fourth-order valence-corrected chi connectivity index (χ4v) is 1.48. The molecule has 0 fully saturated rings. The number of ether oxygens (including phenoxy) is 1. The molecule has 0 heterocycles. The summed E-state index contributed by atoms with van der Waals surface area (Å²) in [5, 5.41) is 2.23. The number of hydrogen-bond acceptors (Lipinski definition) is 1. The van der Waals surface area contributed by atoms with Crippen LogP contribution in [-0.2, 0) is 0 Å². The minimum Gasteiger partial charge on any atom is -0.490 e. The third kappa shape index (κ3) is 1.72. The van der Waals surface area contributed by atoms with Crippen LogP contribution in [0.2, 0.25) is 0 Å². The van der Waals surface area contributed by atoms with E-state index in [1.165, 1.54) is 0 Å². The first-order valence-electron chi connectivity index (χ1n) is 4.83. The van der Waals surface area contributed by atoms with Gasteiger partial charge in [0.05, 0.1) is 6.10 Å². The molecule has 0 bridgehead atoms. The molecule has 0 saturated heterocycles. The van der Waals surface area contributed by atoms with Crippen molar-refractivity contribution in [1.82, 2.24) is 0 Å². The smallest absolute Gasteiger partial charge is 0.127 e. The van der Waals surface area contributed by atoms with E-state index in [-0.39, 0.29) is 6.10 Å². The molecule has 71 valence electrons. The van der Waals surface area contributed by atoms with Crippen molar-refractivity contribution in [2.45, 2.75) is 20.0 Å². The van der Waals surface area contributed by atoms with Gasteiger partial charge in [0.15, 0.2) is 0 Å². The lowest BCUT2D eigenvalue weighted by atomic mass is 10.1. The molecule has 1 radical (unpaired) electrons. The molecule has 14 heavy (non-hydrogen) atoms. The van der Waals surface area contributed by atoms with Gasteiger partial charge in [-0.15, -0.1) is 0 Å². The third-order valence-electron chi connectivity index (χ3n) is 2.03. The quantitative estimate of drug-likeness (QED) is 0.696. The summed E-state index contributed by atoms with van der Waals surface area (Å²) in [5.41, 5.74) is 0. The zero-order valence-corrected chi connectivity index (χ0v) is 8.45. The molecule has 2 aromatic carbocycles. The maximum Gasteiger partial charge on any atom is 0.127 e. The Balaban J connectivity index is 2.53. The van der Waals surface area contributed by atoms with Gasteiger partial charge >= 0.3 is 0 Å². The summed E-state index contributed by atoms with van der Waals surface area (Å²) in [5.74, 6) is 0.939. The van der Waals surface area contributed by atoms with Gasteiger partial charge in [0.2, 0.25) is 0 Å². The van der Waals surface area contributed by atoms with Crippen molar-refractivity contribution in [1.29, 1.82) is 0 Å². The number of benzene rings is 2. The van der Waals surface area contributed by atoms with E-state index in [1.807, 2.05) is 44.2 Å². The van der Waals surface area contributed by atoms with E-state index in [2.05, 4.69) is 12.1 Å². The average Bonchev–Trinajstić information content (AvgIpc) is 2.18. The first-order valence-corrected chi connectivity index (χ1v) is 4.83. The average molecular weight is 185 g/mol. The zero-order chi connectivity index (χ0) is 9.97. The molecular formula is C13H13O. The summed E-state index contributed by atoms with van der Waals surface area (Å²) in [6.45, 7) is 4.07. The fraction of sp³-hybridized carbons (Fsp3) is 0.231. The molecule has 0 saturated carbocycles. The summed E-state index contributed by atoms with van der Waals surface area (Å²) >= 11 is 0. The summed E-state index contributed by atoms with van der Waals surface area (Å²) < 4.78 is 5.71. The Morgan fingerprint density at radius 2 is 2.00 bits per heavy atom. The molecule has 0 aliphatic rings.